The van der Waals surface area contributed by atoms with Crippen LogP contribution in [0.3, 0.4) is 0 Å². The zero-order valence-corrected chi connectivity index (χ0v) is 19.7. The minimum atomic E-state index is -5.08. The van der Waals surface area contributed by atoms with Gasteiger partial charge in [0, 0.05) is 19.2 Å². The van der Waals surface area contributed by atoms with Gasteiger partial charge in [0.05, 0.1) is 17.8 Å². The maximum absolute atomic E-state index is 14.4. The molecular formula is C20H22F7N7O4. The molecule has 2 aromatic rings. The van der Waals surface area contributed by atoms with Crippen LogP contribution in [0, 0.1) is 11.7 Å². The van der Waals surface area contributed by atoms with Gasteiger partial charge in [-0.1, -0.05) is 12.0 Å². The van der Waals surface area contributed by atoms with Gasteiger partial charge in [0.15, 0.2) is 5.82 Å². The lowest BCUT2D eigenvalue weighted by molar-refractivity contribution is -0.274. The largest absolute Gasteiger partial charge is 0.573 e. The van der Waals surface area contributed by atoms with Crippen LogP contribution in [0.25, 0.3) is 0 Å². The van der Waals surface area contributed by atoms with Gasteiger partial charge in [0.25, 0.3) is 5.95 Å². The number of amides is 2. The number of carbonyl (C=O) groups excluding carboxylic acids is 1. The lowest BCUT2D eigenvalue weighted by Gasteiger charge is -2.43. The number of carbonyl (C=O) groups is 2. The minimum Gasteiger partial charge on any atom is -0.475 e. The molecule has 3 heterocycles. The van der Waals surface area contributed by atoms with Crippen LogP contribution in [0.2, 0.25) is 0 Å². The van der Waals surface area contributed by atoms with Gasteiger partial charge in [-0.2, -0.15) is 18.4 Å². The van der Waals surface area contributed by atoms with E-state index in [9.17, 15) is 35.5 Å². The number of fused-ring (bicyclic) bond motifs is 2. The molecule has 2 saturated heterocycles. The summed E-state index contributed by atoms with van der Waals surface area (Å²) >= 11 is 0. The Hall–Kier alpha value is -3.86. The fourth-order valence-electron chi connectivity index (χ4n) is 4.57. The van der Waals surface area contributed by atoms with Crippen molar-refractivity contribution >= 4 is 23.6 Å². The molecule has 0 unspecified atom stereocenters. The quantitative estimate of drug-likeness (QED) is 0.487. The number of aromatic amines is 1. The Morgan fingerprint density at radius 3 is 2.34 bits per heavy atom. The molecule has 18 heteroatoms. The number of aromatic nitrogens is 4. The molecular weight excluding hydrogens is 535 g/mol. The number of nitrogens with zero attached hydrogens (tertiary/aromatic N) is 5. The molecule has 3 N–H and O–H groups in total. The Kier molecular flexibility index (Phi) is 8.21. The van der Waals surface area contributed by atoms with Crippen molar-refractivity contribution in [2.45, 2.75) is 56.9 Å². The highest BCUT2D eigenvalue weighted by atomic mass is 19.4. The van der Waals surface area contributed by atoms with E-state index in [2.05, 4.69) is 42.5 Å². The van der Waals surface area contributed by atoms with E-state index in [1.54, 1.807) is 0 Å². The van der Waals surface area contributed by atoms with Crippen LogP contribution in [-0.4, -0.2) is 75.4 Å². The normalized spacial score (nSPS) is 22.8. The Morgan fingerprint density at radius 1 is 1.18 bits per heavy atom. The second-order valence-electron chi connectivity index (χ2n) is 8.62. The van der Waals surface area contributed by atoms with Crippen LogP contribution in [0.4, 0.5) is 47.2 Å². The Bertz CT molecular complexity index is 1130. The molecule has 2 fully saturated rings. The first-order valence-corrected chi connectivity index (χ1v) is 11.0. The number of halogens is 7. The van der Waals surface area contributed by atoms with Crippen molar-refractivity contribution in [2.24, 2.45) is 5.92 Å². The van der Waals surface area contributed by atoms with Crippen molar-refractivity contribution in [1.29, 1.82) is 0 Å². The number of H-pyrrole nitrogens is 1. The van der Waals surface area contributed by atoms with Gasteiger partial charge < -0.3 is 20.1 Å². The molecule has 2 amide bonds. The third kappa shape index (κ3) is 6.71. The van der Waals surface area contributed by atoms with Gasteiger partial charge in [-0.05, 0) is 42.5 Å². The number of hydrogen-bond donors (Lipinski definition) is 3. The first-order chi connectivity index (χ1) is 17.6. The standard InChI is InChI=1S/C18H21F4N7O2.C2HF3O2/c1-9-7-12(15-6-5-13(9)29(15)16-24-26-27-25-16)23-17(30)28(2)14-4-3-10(8-11(14)19)31-18(20,21)22;3-2(4,5)1(6)7/h3-4,8-9,12-13,15H,5-7H2,1-2H3,(H,23,30)(H,24,25,26,27);(H,6,7)/t9-,12-,13+,15-;/m1./s1. The minimum absolute atomic E-state index is 0.0384. The van der Waals surface area contributed by atoms with Crippen molar-refractivity contribution in [3.05, 3.63) is 24.0 Å². The number of carboxylic acid groups (broad SMARTS) is 1. The fraction of sp³-hybridized carbons (Fsp3) is 0.550. The van der Waals surface area contributed by atoms with Crippen molar-refractivity contribution < 1.29 is 50.2 Å². The Morgan fingerprint density at radius 2 is 1.82 bits per heavy atom. The summed E-state index contributed by atoms with van der Waals surface area (Å²) < 4.78 is 86.8. The van der Waals surface area contributed by atoms with Gasteiger partial charge in [-0.25, -0.2) is 14.0 Å². The number of anilines is 2. The molecule has 210 valence electrons. The van der Waals surface area contributed by atoms with Crippen LogP contribution in [0.5, 0.6) is 5.75 Å². The van der Waals surface area contributed by atoms with E-state index in [0.29, 0.717) is 12.0 Å². The Balaban J connectivity index is 0.000000505. The molecule has 0 saturated carbocycles. The fourth-order valence-corrected chi connectivity index (χ4v) is 4.57. The van der Waals surface area contributed by atoms with Gasteiger partial charge in [0.2, 0.25) is 0 Å². The maximum Gasteiger partial charge on any atom is 0.573 e. The van der Waals surface area contributed by atoms with Crippen molar-refractivity contribution in [2.75, 3.05) is 16.8 Å². The van der Waals surface area contributed by atoms with Crippen molar-refractivity contribution in [1.82, 2.24) is 25.9 Å². The third-order valence-corrected chi connectivity index (χ3v) is 6.16. The molecule has 2 aliphatic heterocycles. The monoisotopic (exact) mass is 557 g/mol. The second kappa shape index (κ2) is 10.9. The van der Waals surface area contributed by atoms with E-state index in [1.165, 1.54) is 7.05 Å². The van der Waals surface area contributed by atoms with Gasteiger partial charge in [-0.3, -0.25) is 4.90 Å². The summed E-state index contributed by atoms with van der Waals surface area (Å²) in [4.78, 5) is 24.8. The predicted octanol–water partition coefficient (Wildman–Crippen LogP) is 3.46. The number of ether oxygens (including phenoxy) is 1. The molecule has 1 aromatic heterocycles. The van der Waals surface area contributed by atoms with E-state index in [1.807, 2.05) is 0 Å². The van der Waals surface area contributed by atoms with Gasteiger partial charge >= 0.3 is 24.5 Å². The van der Waals surface area contributed by atoms with Gasteiger partial charge in [0.1, 0.15) is 5.75 Å². The number of benzene rings is 1. The molecule has 38 heavy (non-hydrogen) atoms. The highest BCUT2D eigenvalue weighted by Gasteiger charge is 2.48. The Labute approximate surface area is 209 Å². The van der Waals surface area contributed by atoms with Crippen LogP contribution in [0.15, 0.2) is 18.2 Å². The number of aliphatic carboxylic acids is 1. The van der Waals surface area contributed by atoms with Crippen molar-refractivity contribution in [3.63, 3.8) is 0 Å². The van der Waals surface area contributed by atoms with Crippen LogP contribution in [-0.2, 0) is 4.79 Å². The van der Waals surface area contributed by atoms with Gasteiger partial charge in [-0.15, -0.1) is 18.3 Å². The highest BCUT2D eigenvalue weighted by molar-refractivity contribution is 5.92. The molecule has 0 radical (unpaired) electrons. The summed E-state index contributed by atoms with van der Waals surface area (Å²) in [5, 5.41) is 24.3. The molecule has 11 nitrogen and oxygen atoms in total. The lowest BCUT2D eigenvalue weighted by Crippen LogP contribution is -2.59. The molecule has 4 rings (SSSR count). The second-order valence-corrected chi connectivity index (χ2v) is 8.62. The molecule has 1 aromatic carbocycles. The summed E-state index contributed by atoms with van der Waals surface area (Å²) in [6.07, 6.45) is -7.53. The average molecular weight is 557 g/mol. The molecule has 4 atom stereocenters. The summed E-state index contributed by atoms with van der Waals surface area (Å²) in [5.41, 5.74) is -0.171. The summed E-state index contributed by atoms with van der Waals surface area (Å²) in [6.45, 7) is 2.08. The third-order valence-electron chi connectivity index (χ3n) is 6.16. The number of carboxylic acids is 1. The zero-order valence-electron chi connectivity index (χ0n) is 19.7. The average Bonchev–Trinajstić information content (AvgIpc) is 3.43. The molecule has 0 aliphatic carbocycles. The van der Waals surface area contributed by atoms with E-state index in [4.69, 9.17) is 9.90 Å². The number of rotatable bonds is 4. The maximum atomic E-state index is 14.4. The first kappa shape index (κ1) is 28.7. The smallest absolute Gasteiger partial charge is 0.475 e. The number of hydrogen-bond acceptors (Lipinski definition) is 7. The molecule has 2 aliphatic rings. The lowest BCUT2D eigenvalue weighted by atomic mass is 9.88. The van der Waals surface area contributed by atoms with Crippen LogP contribution < -0.4 is 19.9 Å². The SMILES string of the molecule is C[C@@H]1C[C@@H](NC(=O)N(C)c2ccc(OC(F)(F)F)cc2F)[C@H]2CC[C@@H]1N2c1nn[nH]n1.O=C(O)C(F)(F)F. The van der Waals surface area contributed by atoms with E-state index in [-0.39, 0.29) is 29.7 Å². The van der Waals surface area contributed by atoms with E-state index >= 15 is 0 Å². The summed E-state index contributed by atoms with van der Waals surface area (Å²) in [6, 6.07) is 2.01. The predicted molar refractivity (Wildman–Crippen MR) is 115 cm³/mol. The summed E-state index contributed by atoms with van der Waals surface area (Å²) in [7, 11) is 1.35. The molecule has 0 spiro atoms. The highest BCUT2D eigenvalue weighted by Crippen LogP contribution is 2.41. The number of tetrazole rings is 1. The van der Waals surface area contributed by atoms with E-state index < -0.39 is 36.1 Å². The summed E-state index contributed by atoms with van der Waals surface area (Å²) in [5.74, 6) is -3.74. The zero-order chi connectivity index (χ0) is 28.4. The number of nitrogens with one attached hydrogen (secondary N) is 2. The van der Waals surface area contributed by atoms with Crippen LogP contribution >= 0.6 is 0 Å². The van der Waals surface area contributed by atoms with Crippen LogP contribution in [0.1, 0.15) is 26.2 Å². The number of alkyl halides is 6. The molecule has 2 bridgehead atoms. The topological polar surface area (TPSA) is 137 Å². The number of piperidine rings is 1. The first-order valence-electron chi connectivity index (χ1n) is 11.0. The number of urea groups is 1. The van der Waals surface area contributed by atoms with Crippen molar-refractivity contribution in [3.8, 4) is 5.75 Å². The van der Waals surface area contributed by atoms with E-state index in [0.717, 1.165) is 36.3 Å².